The number of carbonyl (C=O) groups is 1. The van der Waals surface area contributed by atoms with Crippen molar-refractivity contribution in [2.24, 2.45) is 0 Å². The largest absolute Gasteiger partial charge is 0.495 e. The molecule has 0 saturated carbocycles. The number of hydrogen-bond donors (Lipinski definition) is 2. The number of rotatable bonds is 6. The summed E-state index contributed by atoms with van der Waals surface area (Å²) in [4.78, 5) is 12.4. The summed E-state index contributed by atoms with van der Waals surface area (Å²) < 4.78 is 33.0. The van der Waals surface area contributed by atoms with E-state index in [1.807, 2.05) is 19.1 Å². The average Bonchev–Trinajstić information content (AvgIpc) is 2.68. The molecule has 29 heavy (non-hydrogen) atoms. The molecule has 6 nitrogen and oxygen atoms in total. The summed E-state index contributed by atoms with van der Waals surface area (Å²) in [5.41, 5.74) is 2.12. The third-order valence-corrected chi connectivity index (χ3v) is 5.83. The average molecular weight is 431 g/mol. The summed E-state index contributed by atoms with van der Waals surface area (Å²) >= 11 is 5.95. The van der Waals surface area contributed by atoms with Crippen LogP contribution in [0.4, 0.5) is 11.4 Å². The van der Waals surface area contributed by atoms with Gasteiger partial charge in [0.1, 0.15) is 5.75 Å². The van der Waals surface area contributed by atoms with Crippen LogP contribution < -0.4 is 14.8 Å². The molecule has 0 aromatic heterocycles. The number of halogens is 1. The van der Waals surface area contributed by atoms with E-state index >= 15 is 0 Å². The van der Waals surface area contributed by atoms with Gasteiger partial charge in [0, 0.05) is 16.3 Å². The molecule has 1 amide bonds. The fraction of sp³-hybridized carbons (Fsp3) is 0.0952. The molecule has 0 aliphatic heterocycles. The molecule has 0 aliphatic carbocycles. The van der Waals surface area contributed by atoms with Crippen molar-refractivity contribution in [1.29, 1.82) is 0 Å². The third kappa shape index (κ3) is 4.88. The maximum absolute atomic E-state index is 12.7. The number of nitrogens with one attached hydrogen (secondary N) is 2. The second-order valence-corrected chi connectivity index (χ2v) is 8.36. The minimum absolute atomic E-state index is 0.0356. The highest BCUT2D eigenvalue weighted by Gasteiger charge is 2.17. The van der Waals surface area contributed by atoms with Crippen LogP contribution in [-0.4, -0.2) is 21.4 Å². The summed E-state index contributed by atoms with van der Waals surface area (Å²) in [7, 11) is -2.43. The van der Waals surface area contributed by atoms with Gasteiger partial charge in [-0.1, -0.05) is 29.8 Å². The first-order valence-corrected chi connectivity index (χ1v) is 10.5. The van der Waals surface area contributed by atoms with Crippen molar-refractivity contribution in [2.45, 2.75) is 11.8 Å². The first kappa shape index (κ1) is 20.7. The van der Waals surface area contributed by atoms with Gasteiger partial charge in [-0.05, 0) is 61.0 Å². The Hall–Kier alpha value is -3.03. The molecule has 0 atom stereocenters. The maximum Gasteiger partial charge on any atom is 0.262 e. The lowest BCUT2D eigenvalue weighted by molar-refractivity contribution is 0.102. The number of benzene rings is 3. The number of carbonyl (C=O) groups excluding carboxylic acids is 1. The minimum atomic E-state index is -3.87. The van der Waals surface area contributed by atoms with E-state index in [0.29, 0.717) is 22.0 Å². The topological polar surface area (TPSA) is 84.5 Å². The predicted octanol–water partition coefficient (Wildman–Crippen LogP) is 4.71. The van der Waals surface area contributed by atoms with E-state index in [-0.39, 0.29) is 16.5 Å². The van der Waals surface area contributed by atoms with E-state index in [4.69, 9.17) is 16.3 Å². The van der Waals surface area contributed by atoms with E-state index in [1.165, 1.54) is 37.4 Å². The highest BCUT2D eigenvalue weighted by Crippen LogP contribution is 2.30. The molecule has 0 spiro atoms. The van der Waals surface area contributed by atoms with Crippen molar-refractivity contribution >= 4 is 38.9 Å². The van der Waals surface area contributed by atoms with Gasteiger partial charge in [-0.25, -0.2) is 8.42 Å². The van der Waals surface area contributed by atoms with Crippen LogP contribution in [0.2, 0.25) is 5.02 Å². The van der Waals surface area contributed by atoms with Crippen LogP contribution in [0.15, 0.2) is 71.6 Å². The number of anilines is 2. The second-order valence-electron chi connectivity index (χ2n) is 6.24. The summed E-state index contributed by atoms with van der Waals surface area (Å²) in [6, 6.07) is 17.7. The van der Waals surface area contributed by atoms with Crippen molar-refractivity contribution in [3.63, 3.8) is 0 Å². The van der Waals surface area contributed by atoms with Crippen LogP contribution in [0.25, 0.3) is 0 Å². The fourth-order valence-electron chi connectivity index (χ4n) is 2.71. The Bertz CT molecular complexity index is 1150. The van der Waals surface area contributed by atoms with Gasteiger partial charge in [-0.3, -0.25) is 9.52 Å². The molecular formula is C21H19ClN2O4S. The Labute approximate surface area is 174 Å². The van der Waals surface area contributed by atoms with Gasteiger partial charge < -0.3 is 10.1 Å². The Balaban J connectivity index is 1.78. The molecule has 0 bridgehead atoms. The van der Waals surface area contributed by atoms with Crippen molar-refractivity contribution in [3.05, 3.63) is 82.9 Å². The number of aryl methyl sites for hydroxylation is 1. The lowest BCUT2D eigenvalue weighted by Gasteiger charge is -2.13. The highest BCUT2D eigenvalue weighted by atomic mass is 35.5. The van der Waals surface area contributed by atoms with Gasteiger partial charge in [0.05, 0.1) is 17.7 Å². The Kier molecular flexibility index (Phi) is 6.10. The Morgan fingerprint density at radius 1 is 1.00 bits per heavy atom. The summed E-state index contributed by atoms with van der Waals surface area (Å²) in [6.45, 7) is 1.85. The van der Waals surface area contributed by atoms with Crippen molar-refractivity contribution < 1.29 is 17.9 Å². The summed E-state index contributed by atoms with van der Waals surface area (Å²) in [5.74, 6) is 0.0839. The van der Waals surface area contributed by atoms with Crippen molar-refractivity contribution in [3.8, 4) is 5.75 Å². The van der Waals surface area contributed by atoms with Crippen LogP contribution in [0.3, 0.4) is 0 Å². The normalized spacial score (nSPS) is 11.0. The van der Waals surface area contributed by atoms with Crippen LogP contribution in [-0.2, 0) is 10.0 Å². The smallest absolute Gasteiger partial charge is 0.262 e. The molecule has 0 heterocycles. The molecule has 0 saturated heterocycles. The van der Waals surface area contributed by atoms with Crippen molar-refractivity contribution in [2.75, 3.05) is 17.1 Å². The Morgan fingerprint density at radius 3 is 2.34 bits per heavy atom. The van der Waals surface area contributed by atoms with E-state index in [0.717, 1.165) is 5.56 Å². The van der Waals surface area contributed by atoms with E-state index in [2.05, 4.69) is 10.0 Å². The number of sulfonamides is 1. The van der Waals surface area contributed by atoms with Crippen LogP contribution in [0, 0.1) is 6.92 Å². The monoisotopic (exact) mass is 430 g/mol. The van der Waals surface area contributed by atoms with E-state index < -0.39 is 10.0 Å². The summed E-state index contributed by atoms with van der Waals surface area (Å²) in [6.07, 6.45) is 0. The number of amides is 1. The standard InChI is InChI=1S/C21H19ClN2O4S/c1-14-5-3-4-6-18(14)21(25)23-16-8-10-17(11-9-16)29(26,27)24-19-13-15(22)7-12-20(19)28-2/h3-13,24H,1-2H3,(H,23,25). The molecule has 8 heteroatoms. The first-order valence-electron chi connectivity index (χ1n) is 8.63. The molecule has 3 aromatic rings. The predicted molar refractivity (Wildman–Crippen MR) is 114 cm³/mol. The van der Waals surface area contributed by atoms with Gasteiger partial charge in [0.2, 0.25) is 0 Å². The molecule has 0 radical (unpaired) electrons. The zero-order valence-electron chi connectivity index (χ0n) is 15.8. The molecular weight excluding hydrogens is 412 g/mol. The molecule has 0 fully saturated rings. The SMILES string of the molecule is COc1ccc(Cl)cc1NS(=O)(=O)c1ccc(NC(=O)c2ccccc2C)cc1. The van der Waals surface area contributed by atoms with E-state index in [1.54, 1.807) is 24.3 Å². The molecule has 3 aromatic carbocycles. The Morgan fingerprint density at radius 2 is 1.69 bits per heavy atom. The molecule has 2 N–H and O–H groups in total. The highest BCUT2D eigenvalue weighted by molar-refractivity contribution is 7.92. The van der Waals surface area contributed by atoms with Crippen LogP contribution in [0.5, 0.6) is 5.75 Å². The fourth-order valence-corrected chi connectivity index (χ4v) is 3.94. The van der Waals surface area contributed by atoms with E-state index in [9.17, 15) is 13.2 Å². The van der Waals surface area contributed by atoms with Gasteiger partial charge >= 0.3 is 0 Å². The number of hydrogen-bond acceptors (Lipinski definition) is 4. The lowest BCUT2D eigenvalue weighted by Crippen LogP contribution is -2.15. The number of methoxy groups -OCH3 is 1. The van der Waals surface area contributed by atoms with Gasteiger partial charge in [-0.2, -0.15) is 0 Å². The quantitative estimate of drug-likeness (QED) is 0.593. The van der Waals surface area contributed by atoms with Gasteiger partial charge in [0.25, 0.3) is 15.9 Å². The molecule has 3 rings (SSSR count). The summed E-state index contributed by atoms with van der Waals surface area (Å²) in [5, 5.41) is 3.13. The maximum atomic E-state index is 12.7. The van der Waals surface area contributed by atoms with Crippen LogP contribution in [0.1, 0.15) is 15.9 Å². The first-order chi connectivity index (χ1) is 13.8. The molecule has 0 unspecified atom stereocenters. The zero-order valence-corrected chi connectivity index (χ0v) is 17.3. The minimum Gasteiger partial charge on any atom is -0.495 e. The van der Waals surface area contributed by atoms with Crippen molar-refractivity contribution in [1.82, 2.24) is 0 Å². The van der Waals surface area contributed by atoms with Gasteiger partial charge in [-0.15, -0.1) is 0 Å². The zero-order chi connectivity index (χ0) is 21.0. The molecule has 0 aliphatic rings. The third-order valence-electron chi connectivity index (χ3n) is 4.22. The lowest BCUT2D eigenvalue weighted by atomic mass is 10.1. The van der Waals surface area contributed by atoms with Gasteiger partial charge in [0.15, 0.2) is 0 Å². The molecule has 150 valence electrons. The van der Waals surface area contributed by atoms with Crippen LogP contribution >= 0.6 is 11.6 Å². The number of ether oxygens (including phenoxy) is 1. The second kappa shape index (κ2) is 8.55.